The van der Waals surface area contributed by atoms with Crippen molar-refractivity contribution >= 4 is 5.97 Å². The molecule has 3 rings (SSSR count). The fraction of sp³-hybridized carbons (Fsp3) is 0.581. The number of nitrogens with zero attached hydrogens (tertiary/aromatic N) is 1. The van der Waals surface area contributed by atoms with Crippen LogP contribution in [-0.4, -0.2) is 29.6 Å². The summed E-state index contributed by atoms with van der Waals surface area (Å²) in [5, 5.41) is 0. The molecule has 3 nitrogen and oxygen atoms in total. The van der Waals surface area contributed by atoms with E-state index in [2.05, 4.69) is 30.9 Å². The van der Waals surface area contributed by atoms with Crippen LogP contribution in [0, 0.1) is 11.8 Å². The van der Waals surface area contributed by atoms with E-state index in [9.17, 15) is 18.0 Å². The second kappa shape index (κ2) is 13.5. The number of hydrogen-bond donors (Lipinski definition) is 0. The van der Waals surface area contributed by atoms with Crippen molar-refractivity contribution in [3.8, 4) is 0 Å². The second-order valence-electron chi connectivity index (χ2n) is 11.1. The van der Waals surface area contributed by atoms with Gasteiger partial charge in [-0.15, -0.1) is 0 Å². The third kappa shape index (κ3) is 8.87. The molecule has 0 aromatic heterocycles. The first kappa shape index (κ1) is 29.2. The number of carbonyl (C=O) groups excluding carboxylic acids is 1. The van der Waals surface area contributed by atoms with Gasteiger partial charge in [-0.3, -0.25) is 9.69 Å². The van der Waals surface area contributed by atoms with Crippen molar-refractivity contribution in [2.24, 2.45) is 11.8 Å². The summed E-state index contributed by atoms with van der Waals surface area (Å²) in [6.07, 6.45) is 0.580. The lowest BCUT2D eigenvalue weighted by atomic mass is 9.77. The van der Waals surface area contributed by atoms with Crippen LogP contribution >= 0.6 is 0 Å². The van der Waals surface area contributed by atoms with Crippen LogP contribution in [0.5, 0.6) is 0 Å². The number of benzene rings is 2. The van der Waals surface area contributed by atoms with Gasteiger partial charge < -0.3 is 4.74 Å². The topological polar surface area (TPSA) is 29.5 Å². The molecule has 0 N–H and O–H groups in total. The van der Waals surface area contributed by atoms with Crippen LogP contribution in [0.1, 0.15) is 88.8 Å². The van der Waals surface area contributed by atoms with Crippen LogP contribution in [0.3, 0.4) is 0 Å². The largest absolute Gasteiger partial charge is 0.463 e. The van der Waals surface area contributed by atoms with Gasteiger partial charge in [0, 0.05) is 24.9 Å². The third-order valence-corrected chi connectivity index (χ3v) is 7.36. The lowest BCUT2D eigenvalue weighted by Gasteiger charge is -2.40. The molecule has 2 aromatic rings. The highest BCUT2D eigenvalue weighted by molar-refractivity contribution is 5.70. The molecular formula is C31H42F3NO2. The summed E-state index contributed by atoms with van der Waals surface area (Å²) < 4.78 is 45.6. The highest BCUT2D eigenvalue weighted by Gasteiger charge is 2.38. The van der Waals surface area contributed by atoms with E-state index in [1.54, 1.807) is 12.1 Å². The molecule has 1 saturated carbocycles. The van der Waals surface area contributed by atoms with Gasteiger partial charge in [0.1, 0.15) is 0 Å². The van der Waals surface area contributed by atoms with Gasteiger partial charge in [0.15, 0.2) is 0 Å². The molecule has 0 bridgehead atoms. The number of carbonyl (C=O) groups is 1. The van der Waals surface area contributed by atoms with Crippen molar-refractivity contribution in [1.82, 2.24) is 4.90 Å². The predicted molar refractivity (Wildman–Crippen MR) is 142 cm³/mol. The monoisotopic (exact) mass is 517 g/mol. The normalized spacial score (nSPS) is 20.9. The zero-order valence-corrected chi connectivity index (χ0v) is 22.6. The summed E-state index contributed by atoms with van der Waals surface area (Å²) in [7, 11) is 0. The molecule has 37 heavy (non-hydrogen) atoms. The number of esters is 1. The molecule has 0 spiro atoms. The fourth-order valence-electron chi connectivity index (χ4n) is 5.59. The molecule has 6 heteroatoms. The number of alkyl halides is 3. The molecule has 0 aliphatic heterocycles. The summed E-state index contributed by atoms with van der Waals surface area (Å²) in [5.41, 5.74) is 1.46. The summed E-state index contributed by atoms with van der Waals surface area (Å²) in [5.74, 6) is 0.257. The van der Waals surface area contributed by atoms with Gasteiger partial charge in [0.25, 0.3) is 0 Å². The molecule has 0 saturated heterocycles. The lowest BCUT2D eigenvalue weighted by Crippen LogP contribution is -2.42. The van der Waals surface area contributed by atoms with E-state index in [1.165, 1.54) is 17.7 Å². The molecule has 204 valence electrons. The first-order valence-corrected chi connectivity index (χ1v) is 13.7. The third-order valence-electron chi connectivity index (χ3n) is 7.36. The van der Waals surface area contributed by atoms with E-state index < -0.39 is 11.7 Å². The molecule has 3 atom stereocenters. The van der Waals surface area contributed by atoms with Crippen LogP contribution in [0.25, 0.3) is 0 Å². The Labute approximate surface area is 220 Å². The Morgan fingerprint density at radius 2 is 1.62 bits per heavy atom. The Balaban J connectivity index is 2.01. The molecular weight excluding hydrogens is 475 g/mol. The summed E-state index contributed by atoms with van der Waals surface area (Å²) in [4.78, 5) is 15.3. The van der Waals surface area contributed by atoms with Crippen LogP contribution < -0.4 is 0 Å². The van der Waals surface area contributed by atoms with E-state index >= 15 is 0 Å². The van der Waals surface area contributed by atoms with E-state index in [-0.39, 0.29) is 36.4 Å². The Kier molecular flexibility index (Phi) is 10.6. The number of rotatable bonds is 10. The first-order valence-electron chi connectivity index (χ1n) is 13.7. The van der Waals surface area contributed by atoms with Gasteiger partial charge in [-0.2, -0.15) is 13.2 Å². The van der Waals surface area contributed by atoms with Gasteiger partial charge in [-0.1, -0.05) is 69.2 Å². The van der Waals surface area contributed by atoms with Crippen LogP contribution in [0.15, 0.2) is 54.6 Å². The molecule has 2 aromatic carbocycles. The van der Waals surface area contributed by atoms with Gasteiger partial charge in [-0.25, -0.2) is 0 Å². The quantitative estimate of drug-likeness (QED) is 0.235. The maximum Gasteiger partial charge on any atom is 0.416 e. The first-order chi connectivity index (χ1) is 17.5. The van der Waals surface area contributed by atoms with Gasteiger partial charge in [-0.05, 0) is 74.8 Å². The smallest absolute Gasteiger partial charge is 0.416 e. The average Bonchev–Trinajstić information content (AvgIpc) is 3.03. The standard InChI is InChI=1S/C31H42F3NO2/c1-22(2)18-19-35(21-24-10-6-5-7-11-24)28-13-9-8-12-26(20-29(36)37-23(3)4)30(28)25-14-16-27(17-15-25)31(32,33)34/h5-7,10-11,14-17,22-23,26,28,30H,8-9,12-13,18-21H2,1-4H3/t26-,28+,30-/m1/s1. The molecule has 0 unspecified atom stereocenters. The Morgan fingerprint density at radius 3 is 2.22 bits per heavy atom. The highest BCUT2D eigenvalue weighted by atomic mass is 19.4. The minimum Gasteiger partial charge on any atom is -0.463 e. The highest BCUT2D eigenvalue weighted by Crippen LogP contribution is 2.42. The van der Waals surface area contributed by atoms with Crippen LogP contribution in [0.4, 0.5) is 13.2 Å². The lowest BCUT2D eigenvalue weighted by molar-refractivity contribution is -0.149. The van der Waals surface area contributed by atoms with Crippen LogP contribution in [-0.2, 0) is 22.3 Å². The Bertz CT molecular complexity index is 957. The van der Waals surface area contributed by atoms with Crippen molar-refractivity contribution in [2.45, 2.75) is 97.0 Å². The number of halogens is 3. The van der Waals surface area contributed by atoms with E-state index in [1.807, 2.05) is 32.0 Å². The van der Waals surface area contributed by atoms with E-state index in [0.717, 1.165) is 50.8 Å². The minimum atomic E-state index is -4.38. The Morgan fingerprint density at radius 1 is 0.973 bits per heavy atom. The molecule has 0 radical (unpaired) electrons. The zero-order chi connectivity index (χ0) is 27.0. The maximum absolute atomic E-state index is 13.4. The maximum atomic E-state index is 13.4. The zero-order valence-electron chi connectivity index (χ0n) is 22.6. The van der Waals surface area contributed by atoms with Gasteiger partial charge in [0.2, 0.25) is 0 Å². The van der Waals surface area contributed by atoms with Crippen LogP contribution in [0.2, 0.25) is 0 Å². The SMILES string of the molecule is CC(C)CCN(Cc1ccccc1)[C@H]1CCCC[C@H](CC(=O)OC(C)C)[C@H]1c1ccc(C(F)(F)F)cc1. The average molecular weight is 518 g/mol. The van der Waals surface area contributed by atoms with Crippen molar-refractivity contribution in [3.05, 3.63) is 71.3 Å². The predicted octanol–water partition coefficient (Wildman–Crippen LogP) is 8.24. The fourth-order valence-corrected chi connectivity index (χ4v) is 5.59. The van der Waals surface area contributed by atoms with Crippen molar-refractivity contribution in [2.75, 3.05) is 6.54 Å². The van der Waals surface area contributed by atoms with E-state index in [4.69, 9.17) is 4.74 Å². The summed E-state index contributed by atoms with van der Waals surface area (Å²) in [6, 6.07) is 16.1. The minimum absolute atomic E-state index is 0.00723. The van der Waals surface area contributed by atoms with E-state index in [0.29, 0.717) is 5.92 Å². The van der Waals surface area contributed by atoms with Gasteiger partial charge >= 0.3 is 12.1 Å². The molecule has 0 amide bonds. The summed E-state index contributed by atoms with van der Waals surface area (Å²) in [6.45, 7) is 9.79. The molecule has 1 aliphatic rings. The summed E-state index contributed by atoms with van der Waals surface area (Å²) >= 11 is 0. The Hall–Kier alpha value is -2.34. The number of hydrogen-bond acceptors (Lipinski definition) is 3. The van der Waals surface area contributed by atoms with Crippen molar-refractivity contribution in [3.63, 3.8) is 0 Å². The second-order valence-corrected chi connectivity index (χ2v) is 11.1. The van der Waals surface area contributed by atoms with Gasteiger partial charge in [0.05, 0.1) is 11.7 Å². The van der Waals surface area contributed by atoms with Crippen molar-refractivity contribution in [1.29, 1.82) is 0 Å². The molecule has 1 fully saturated rings. The molecule has 1 aliphatic carbocycles. The van der Waals surface area contributed by atoms with Crippen molar-refractivity contribution < 1.29 is 22.7 Å². The number of ether oxygens (including phenoxy) is 1. The molecule has 0 heterocycles.